The highest BCUT2D eigenvalue weighted by Crippen LogP contribution is 2.23. The van der Waals surface area contributed by atoms with E-state index in [1.165, 1.54) is 16.0 Å². The molecule has 1 aliphatic rings. The zero-order valence-corrected chi connectivity index (χ0v) is 12.0. The minimum Gasteiger partial charge on any atom is -0.312 e. The van der Waals surface area contributed by atoms with Gasteiger partial charge >= 0.3 is 0 Å². The number of nitrogens with one attached hydrogen (secondary N) is 2. The van der Waals surface area contributed by atoms with E-state index in [1.54, 1.807) is 11.3 Å². The van der Waals surface area contributed by atoms with Gasteiger partial charge in [-0.25, -0.2) is 4.98 Å². The second kappa shape index (κ2) is 5.82. The fraction of sp³-hybridized carbons (Fsp3) is 0.400. The van der Waals surface area contributed by atoms with Crippen LogP contribution in [0.2, 0.25) is 0 Å². The third kappa shape index (κ3) is 2.86. The summed E-state index contributed by atoms with van der Waals surface area (Å²) in [5.41, 5.74) is 6.01. The van der Waals surface area contributed by atoms with Gasteiger partial charge in [-0.1, -0.05) is 24.3 Å². The molecule has 0 fully saturated rings. The van der Waals surface area contributed by atoms with E-state index in [1.807, 2.05) is 5.51 Å². The lowest BCUT2D eigenvalue weighted by molar-refractivity contribution is 0.504. The second-order valence-electron chi connectivity index (χ2n) is 5.02. The van der Waals surface area contributed by atoms with Crippen LogP contribution in [0.3, 0.4) is 0 Å². The van der Waals surface area contributed by atoms with Crippen LogP contribution < -0.4 is 10.6 Å². The third-order valence-corrected chi connectivity index (χ3v) is 4.66. The molecule has 4 heteroatoms. The number of hydrogen-bond donors (Lipinski definition) is 2. The standard InChI is InChI=1S/C15H19N3S/c1-11-15(19-10-18-11)9-17-8-13-7-16-6-12-4-2-3-5-14(12)13/h2-5,10,13,16-17H,6-9H2,1H3. The molecule has 1 unspecified atom stereocenters. The average Bonchev–Trinajstić information content (AvgIpc) is 2.85. The SMILES string of the molecule is Cc1ncsc1CNCC1CNCc2ccccc21. The van der Waals surface area contributed by atoms with Crippen LogP contribution in [0.1, 0.15) is 27.6 Å². The monoisotopic (exact) mass is 273 g/mol. The maximum atomic E-state index is 4.28. The minimum absolute atomic E-state index is 0.568. The van der Waals surface area contributed by atoms with Crippen molar-refractivity contribution in [2.24, 2.45) is 0 Å². The summed E-state index contributed by atoms with van der Waals surface area (Å²) in [5.74, 6) is 0.568. The highest BCUT2D eigenvalue weighted by Gasteiger charge is 2.18. The Hall–Kier alpha value is -1.23. The van der Waals surface area contributed by atoms with Gasteiger partial charge in [0.1, 0.15) is 0 Å². The van der Waals surface area contributed by atoms with Gasteiger partial charge in [0.2, 0.25) is 0 Å². The molecule has 0 saturated heterocycles. The topological polar surface area (TPSA) is 37.0 Å². The maximum Gasteiger partial charge on any atom is 0.0798 e. The molecule has 19 heavy (non-hydrogen) atoms. The van der Waals surface area contributed by atoms with Gasteiger partial charge in [-0.05, 0) is 18.1 Å². The first kappa shape index (κ1) is 12.8. The van der Waals surface area contributed by atoms with Gasteiger partial charge in [0.15, 0.2) is 0 Å². The highest BCUT2D eigenvalue weighted by atomic mass is 32.1. The van der Waals surface area contributed by atoms with Crippen molar-refractivity contribution in [3.05, 3.63) is 51.5 Å². The van der Waals surface area contributed by atoms with Gasteiger partial charge in [-0.3, -0.25) is 0 Å². The van der Waals surface area contributed by atoms with Crippen molar-refractivity contribution in [3.63, 3.8) is 0 Å². The van der Waals surface area contributed by atoms with Crippen LogP contribution in [0.25, 0.3) is 0 Å². The van der Waals surface area contributed by atoms with Gasteiger partial charge in [0.05, 0.1) is 11.2 Å². The van der Waals surface area contributed by atoms with Crippen molar-refractivity contribution in [3.8, 4) is 0 Å². The Kier molecular flexibility index (Phi) is 3.92. The van der Waals surface area contributed by atoms with Crippen LogP contribution >= 0.6 is 11.3 Å². The molecule has 1 aromatic heterocycles. The number of benzene rings is 1. The second-order valence-corrected chi connectivity index (χ2v) is 5.96. The smallest absolute Gasteiger partial charge is 0.0798 e. The molecule has 0 aliphatic carbocycles. The summed E-state index contributed by atoms with van der Waals surface area (Å²) in [6.45, 7) is 6.08. The van der Waals surface area contributed by atoms with Crippen molar-refractivity contribution < 1.29 is 0 Å². The number of aromatic nitrogens is 1. The molecular weight excluding hydrogens is 254 g/mol. The van der Waals surface area contributed by atoms with Crippen LogP contribution in [-0.4, -0.2) is 18.1 Å². The molecule has 2 aromatic rings. The normalized spacial score (nSPS) is 18.3. The lowest BCUT2D eigenvalue weighted by Crippen LogP contribution is -2.34. The van der Waals surface area contributed by atoms with E-state index in [2.05, 4.69) is 46.8 Å². The van der Waals surface area contributed by atoms with Gasteiger partial charge < -0.3 is 10.6 Å². The molecule has 0 saturated carbocycles. The first-order valence-corrected chi connectivity index (χ1v) is 7.61. The molecule has 0 spiro atoms. The average molecular weight is 273 g/mol. The lowest BCUT2D eigenvalue weighted by Gasteiger charge is -2.26. The van der Waals surface area contributed by atoms with Crippen LogP contribution in [0.15, 0.2) is 29.8 Å². The van der Waals surface area contributed by atoms with Crippen LogP contribution in [0.4, 0.5) is 0 Å². The number of nitrogens with zero attached hydrogens (tertiary/aromatic N) is 1. The summed E-state index contributed by atoms with van der Waals surface area (Å²) in [6.07, 6.45) is 0. The predicted molar refractivity (Wildman–Crippen MR) is 79.4 cm³/mol. The maximum absolute atomic E-state index is 4.28. The van der Waals surface area contributed by atoms with E-state index in [0.717, 1.165) is 31.9 Å². The number of rotatable bonds is 4. The Morgan fingerprint density at radius 1 is 1.42 bits per heavy atom. The van der Waals surface area contributed by atoms with Crippen molar-refractivity contribution >= 4 is 11.3 Å². The first-order chi connectivity index (χ1) is 9.34. The van der Waals surface area contributed by atoms with Crippen molar-refractivity contribution in [1.29, 1.82) is 0 Å². The fourth-order valence-corrected chi connectivity index (χ4v) is 3.37. The van der Waals surface area contributed by atoms with E-state index >= 15 is 0 Å². The summed E-state index contributed by atoms with van der Waals surface area (Å²) in [6, 6.07) is 8.75. The largest absolute Gasteiger partial charge is 0.312 e. The van der Waals surface area contributed by atoms with Gasteiger partial charge in [-0.15, -0.1) is 11.3 Å². The number of hydrogen-bond acceptors (Lipinski definition) is 4. The predicted octanol–water partition coefficient (Wildman–Crippen LogP) is 2.43. The lowest BCUT2D eigenvalue weighted by atomic mass is 9.91. The van der Waals surface area contributed by atoms with Crippen LogP contribution in [0.5, 0.6) is 0 Å². The summed E-state index contributed by atoms with van der Waals surface area (Å²) in [4.78, 5) is 5.63. The molecule has 2 N–H and O–H groups in total. The molecule has 0 radical (unpaired) electrons. The Morgan fingerprint density at radius 3 is 3.16 bits per heavy atom. The number of fused-ring (bicyclic) bond motifs is 1. The summed E-state index contributed by atoms with van der Waals surface area (Å²) in [7, 11) is 0. The van der Waals surface area contributed by atoms with Gasteiger partial charge in [0.25, 0.3) is 0 Å². The quantitative estimate of drug-likeness (QED) is 0.898. The third-order valence-electron chi connectivity index (χ3n) is 3.72. The number of thiazole rings is 1. The Labute approximate surface area is 118 Å². The Morgan fingerprint density at radius 2 is 2.32 bits per heavy atom. The molecule has 2 heterocycles. The molecular formula is C15H19N3S. The zero-order chi connectivity index (χ0) is 13.1. The van der Waals surface area contributed by atoms with Crippen molar-refractivity contribution in [1.82, 2.24) is 15.6 Å². The molecule has 0 bridgehead atoms. The van der Waals surface area contributed by atoms with Crippen LogP contribution in [0, 0.1) is 6.92 Å². The van der Waals surface area contributed by atoms with E-state index in [9.17, 15) is 0 Å². The number of aryl methyl sites for hydroxylation is 1. The molecule has 0 amide bonds. The van der Waals surface area contributed by atoms with Crippen molar-refractivity contribution in [2.75, 3.05) is 13.1 Å². The van der Waals surface area contributed by atoms with E-state index in [4.69, 9.17) is 0 Å². The Bertz CT molecular complexity index is 550. The first-order valence-electron chi connectivity index (χ1n) is 6.73. The van der Waals surface area contributed by atoms with Gasteiger partial charge in [-0.2, -0.15) is 0 Å². The van der Waals surface area contributed by atoms with Gasteiger partial charge in [0, 0.05) is 37.0 Å². The summed E-state index contributed by atoms with van der Waals surface area (Å²) < 4.78 is 0. The summed E-state index contributed by atoms with van der Waals surface area (Å²) >= 11 is 1.73. The minimum atomic E-state index is 0.568. The molecule has 1 atom stereocenters. The van der Waals surface area contributed by atoms with E-state index in [0.29, 0.717) is 5.92 Å². The molecule has 3 nitrogen and oxygen atoms in total. The zero-order valence-electron chi connectivity index (χ0n) is 11.1. The molecule has 1 aromatic carbocycles. The molecule has 3 rings (SSSR count). The fourth-order valence-electron chi connectivity index (χ4n) is 2.62. The van der Waals surface area contributed by atoms with Crippen molar-refractivity contribution in [2.45, 2.75) is 25.9 Å². The highest BCUT2D eigenvalue weighted by molar-refractivity contribution is 7.09. The Balaban J connectivity index is 1.61. The molecule has 100 valence electrons. The summed E-state index contributed by atoms with van der Waals surface area (Å²) in [5, 5.41) is 7.07. The van der Waals surface area contributed by atoms with Crippen LogP contribution in [-0.2, 0) is 13.1 Å². The molecule has 1 aliphatic heterocycles. The van der Waals surface area contributed by atoms with E-state index < -0.39 is 0 Å². The van der Waals surface area contributed by atoms with E-state index in [-0.39, 0.29) is 0 Å².